The average Bonchev–Trinajstić information content (AvgIpc) is 2.04. The summed E-state index contributed by atoms with van der Waals surface area (Å²) in [6.07, 6.45) is 5.00. The van der Waals surface area contributed by atoms with Gasteiger partial charge in [-0.3, -0.25) is 4.98 Å². The Kier molecular flexibility index (Phi) is 2.50. The van der Waals surface area contributed by atoms with Crippen molar-refractivity contribution in [3.8, 4) is 0 Å². The molecule has 1 atom stereocenters. The summed E-state index contributed by atoms with van der Waals surface area (Å²) < 4.78 is 0. The van der Waals surface area contributed by atoms with Crippen LogP contribution in [0.1, 0.15) is 11.4 Å². The summed E-state index contributed by atoms with van der Waals surface area (Å²) in [7, 11) is 2.48. The van der Waals surface area contributed by atoms with Crippen molar-refractivity contribution in [1.82, 2.24) is 9.97 Å². The standard InChI is InChI=1S/C8H9N2P/c1-3-6-7(4-2)10-8(11)5-9-6/h3-5H,1-2,11H2. The molecule has 0 N–H and O–H groups in total. The van der Waals surface area contributed by atoms with E-state index in [4.69, 9.17) is 0 Å². The fraction of sp³-hybridized carbons (Fsp3) is 0. The number of hydrogen-bond donors (Lipinski definition) is 0. The molecular formula is C8H9N2P. The first-order chi connectivity index (χ1) is 5.27. The van der Waals surface area contributed by atoms with E-state index in [1.807, 2.05) is 0 Å². The van der Waals surface area contributed by atoms with E-state index in [9.17, 15) is 0 Å². The van der Waals surface area contributed by atoms with E-state index >= 15 is 0 Å². The third kappa shape index (κ3) is 1.72. The van der Waals surface area contributed by atoms with Gasteiger partial charge in [-0.2, -0.15) is 0 Å². The smallest absolute Gasteiger partial charge is 0.0888 e. The molecule has 0 bridgehead atoms. The second-order valence-electron chi connectivity index (χ2n) is 1.97. The van der Waals surface area contributed by atoms with Crippen LogP contribution in [0.5, 0.6) is 0 Å². The van der Waals surface area contributed by atoms with Gasteiger partial charge in [-0.05, 0) is 12.2 Å². The summed E-state index contributed by atoms with van der Waals surface area (Å²) in [5.74, 6) is 0. The van der Waals surface area contributed by atoms with Crippen LogP contribution in [0.2, 0.25) is 0 Å². The van der Waals surface area contributed by atoms with Gasteiger partial charge >= 0.3 is 0 Å². The Hall–Kier alpha value is -1.01. The average molecular weight is 164 g/mol. The van der Waals surface area contributed by atoms with Crippen molar-refractivity contribution in [2.75, 3.05) is 0 Å². The Balaban J connectivity index is 3.26. The van der Waals surface area contributed by atoms with Crippen LogP contribution in [0, 0.1) is 0 Å². The molecule has 1 heterocycles. The lowest BCUT2D eigenvalue weighted by molar-refractivity contribution is 1.20. The molecule has 0 amide bonds. The molecule has 11 heavy (non-hydrogen) atoms. The molecule has 0 saturated heterocycles. The van der Waals surface area contributed by atoms with E-state index in [1.165, 1.54) is 0 Å². The largest absolute Gasteiger partial charge is 0.252 e. The predicted octanol–water partition coefficient (Wildman–Crippen LogP) is 1.26. The van der Waals surface area contributed by atoms with E-state index in [0.29, 0.717) is 0 Å². The second kappa shape index (κ2) is 3.40. The molecule has 0 aromatic carbocycles. The number of nitrogens with zero attached hydrogens (tertiary/aromatic N) is 2. The second-order valence-corrected chi connectivity index (χ2v) is 2.57. The van der Waals surface area contributed by atoms with Crippen molar-refractivity contribution in [2.24, 2.45) is 0 Å². The molecule has 0 radical (unpaired) electrons. The molecule has 0 aliphatic heterocycles. The summed E-state index contributed by atoms with van der Waals surface area (Å²) in [6, 6.07) is 0. The zero-order valence-corrected chi connectivity index (χ0v) is 7.27. The topological polar surface area (TPSA) is 25.8 Å². The summed E-state index contributed by atoms with van der Waals surface area (Å²) in [5.41, 5.74) is 2.35. The molecule has 56 valence electrons. The van der Waals surface area contributed by atoms with Gasteiger partial charge in [0.15, 0.2) is 0 Å². The summed E-state index contributed by atoms with van der Waals surface area (Å²) in [6.45, 7) is 7.23. The van der Waals surface area contributed by atoms with Crippen LogP contribution in [0.4, 0.5) is 0 Å². The minimum Gasteiger partial charge on any atom is -0.252 e. The minimum absolute atomic E-state index is 0.770. The van der Waals surface area contributed by atoms with Crippen molar-refractivity contribution in [3.05, 3.63) is 30.7 Å². The van der Waals surface area contributed by atoms with Crippen molar-refractivity contribution in [3.63, 3.8) is 0 Å². The maximum absolute atomic E-state index is 4.17. The number of rotatable bonds is 2. The van der Waals surface area contributed by atoms with Crippen molar-refractivity contribution >= 4 is 26.8 Å². The van der Waals surface area contributed by atoms with Crippen molar-refractivity contribution < 1.29 is 0 Å². The maximum atomic E-state index is 4.17. The quantitative estimate of drug-likeness (QED) is 0.615. The van der Waals surface area contributed by atoms with Crippen LogP contribution in [-0.2, 0) is 0 Å². The number of aromatic nitrogens is 2. The Morgan fingerprint density at radius 1 is 1.27 bits per heavy atom. The summed E-state index contributed by atoms with van der Waals surface area (Å²) in [4.78, 5) is 8.27. The van der Waals surface area contributed by atoms with Gasteiger partial charge in [-0.25, -0.2) is 4.98 Å². The highest BCUT2D eigenvalue weighted by molar-refractivity contribution is 7.26. The number of hydrogen-bond acceptors (Lipinski definition) is 2. The van der Waals surface area contributed by atoms with E-state index < -0.39 is 0 Å². The van der Waals surface area contributed by atoms with Crippen LogP contribution in [-0.4, -0.2) is 9.97 Å². The highest BCUT2D eigenvalue weighted by atomic mass is 31.0. The third-order valence-electron chi connectivity index (χ3n) is 1.23. The summed E-state index contributed by atoms with van der Waals surface area (Å²) in [5, 5.41) is 0. The normalized spacial score (nSPS) is 9.18. The zero-order valence-electron chi connectivity index (χ0n) is 6.12. The van der Waals surface area contributed by atoms with Gasteiger partial charge in [-0.15, -0.1) is 0 Å². The third-order valence-corrected chi connectivity index (χ3v) is 1.51. The van der Waals surface area contributed by atoms with Crippen LogP contribution in [0.3, 0.4) is 0 Å². The Labute approximate surface area is 68.3 Å². The molecule has 0 aliphatic carbocycles. The Morgan fingerprint density at radius 2 is 1.91 bits per heavy atom. The molecule has 3 heteroatoms. The molecule has 0 fully saturated rings. The van der Waals surface area contributed by atoms with Gasteiger partial charge in [0.1, 0.15) is 0 Å². The lowest BCUT2D eigenvalue weighted by Crippen LogP contribution is -2.03. The first-order valence-corrected chi connectivity index (χ1v) is 3.73. The Morgan fingerprint density at radius 3 is 2.45 bits per heavy atom. The molecular weight excluding hydrogens is 155 g/mol. The SMILES string of the molecule is C=Cc1ncc(P)nc1C=C. The molecule has 1 rings (SSSR count). The van der Waals surface area contributed by atoms with Gasteiger partial charge in [-0.1, -0.05) is 22.4 Å². The highest BCUT2D eigenvalue weighted by Gasteiger charge is 1.96. The van der Waals surface area contributed by atoms with E-state index in [2.05, 4.69) is 32.4 Å². The van der Waals surface area contributed by atoms with Crippen LogP contribution in [0.15, 0.2) is 19.4 Å². The molecule has 2 nitrogen and oxygen atoms in total. The monoisotopic (exact) mass is 164 g/mol. The molecule has 0 aliphatic rings. The van der Waals surface area contributed by atoms with Gasteiger partial charge in [0, 0.05) is 0 Å². The maximum Gasteiger partial charge on any atom is 0.0888 e. The molecule has 1 aromatic heterocycles. The van der Waals surface area contributed by atoms with E-state index in [0.717, 1.165) is 16.8 Å². The highest BCUT2D eigenvalue weighted by Crippen LogP contribution is 2.03. The van der Waals surface area contributed by atoms with Crippen LogP contribution >= 0.6 is 9.24 Å². The summed E-state index contributed by atoms with van der Waals surface area (Å²) >= 11 is 0. The van der Waals surface area contributed by atoms with E-state index in [1.54, 1.807) is 18.3 Å². The first-order valence-electron chi connectivity index (χ1n) is 3.15. The van der Waals surface area contributed by atoms with Gasteiger partial charge in [0.05, 0.1) is 23.0 Å². The molecule has 0 spiro atoms. The zero-order chi connectivity index (χ0) is 8.27. The molecule has 0 saturated carbocycles. The van der Waals surface area contributed by atoms with Gasteiger partial charge < -0.3 is 0 Å². The van der Waals surface area contributed by atoms with Gasteiger partial charge in [0.2, 0.25) is 0 Å². The van der Waals surface area contributed by atoms with Crippen LogP contribution < -0.4 is 5.44 Å². The lowest BCUT2D eigenvalue weighted by Gasteiger charge is -1.98. The fourth-order valence-corrected chi connectivity index (χ4v) is 0.948. The van der Waals surface area contributed by atoms with Crippen molar-refractivity contribution in [1.29, 1.82) is 0 Å². The fourth-order valence-electron chi connectivity index (χ4n) is 0.735. The molecule has 1 aromatic rings. The predicted molar refractivity (Wildman–Crippen MR) is 51.6 cm³/mol. The van der Waals surface area contributed by atoms with Gasteiger partial charge in [0.25, 0.3) is 0 Å². The lowest BCUT2D eigenvalue weighted by atomic mass is 10.3. The van der Waals surface area contributed by atoms with E-state index in [-0.39, 0.29) is 0 Å². The Bertz CT molecular complexity index is 294. The van der Waals surface area contributed by atoms with Crippen LogP contribution in [0.25, 0.3) is 12.2 Å². The molecule has 1 unspecified atom stereocenters. The minimum atomic E-state index is 0.770. The first kappa shape index (κ1) is 8.09. The van der Waals surface area contributed by atoms with Crippen molar-refractivity contribution in [2.45, 2.75) is 0 Å².